The van der Waals surface area contributed by atoms with Gasteiger partial charge >= 0.3 is 23.9 Å². The van der Waals surface area contributed by atoms with Crippen LogP contribution in [0.2, 0.25) is 0 Å². The van der Waals surface area contributed by atoms with E-state index in [2.05, 4.69) is 5.32 Å². The molecule has 0 radical (unpaired) electrons. The zero-order valence-electron chi connectivity index (χ0n) is 15.7. The van der Waals surface area contributed by atoms with Crippen LogP contribution in [0, 0.1) is 0 Å². The van der Waals surface area contributed by atoms with Gasteiger partial charge in [-0.25, -0.2) is 4.79 Å². The van der Waals surface area contributed by atoms with Crippen LogP contribution < -0.4 is 5.32 Å². The number of carbonyl (C=O) groups excluding carboxylic acids is 4. The first-order chi connectivity index (χ1) is 13.1. The lowest BCUT2D eigenvalue weighted by Gasteiger charge is -2.32. The number of amides is 2. The maximum Gasteiger partial charge on any atom is 0.325 e. The Hall–Kier alpha value is -2.70. The summed E-state index contributed by atoms with van der Waals surface area (Å²) in [7, 11) is 1.21. The zero-order valence-corrected chi connectivity index (χ0v) is 15.7. The minimum Gasteiger partial charge on any atom is -0.460 e. The van der Waals surface area contributed by atoms with Gasteiger partial charge < -0.3 is 34.1 Å². The van der Waals surface area contributed by atoms with E-state index in [1.807, 2.05) is 0 Å². The Kier molecular flexibility index (Phi) is 6.59. The molecule has 12 heteroatoms. The lowest BCUT2D eigenvalue weighted by atomic mass is 10.1. The van der Waals surface area contributed by atoms with Crippen LogP contribution in [0.1, 0.15) is 20.8 Å². The minimum absolute atomic E-state index is 0.507. The van der Waals surface area contributed by atoms with Gasteiger partial charge in [-0.3, -0.25) is 19.3 Å². The zero-order chi connectivity index (χ0) is 21.1. The second-order valence-corrected chi connectivity index (χ2v) is 6.05. The van der Waals surface area contributed by atoms with E-state index in [0.29, 0.717) is 0 Å². The highest BCUT2D eigenvalue weighted by atomic mass is 16.8. The van der Waals surface area contributed by atoms with Crippen molar-refractivity contribution in [1.82, 2.24) is 10.2 Å². The number of hydrogen-bond donors (Lipinski definition) is 2. The quantitative estimate of drug-likeness (QED) is 0.417. The number of ether oxygens (including phenoxy) is 5. The van der Waals surface area contributed by atoms with Gasteiger partial charge in [0, 0.05) is 34.1 Å². The van der Waals surface area contributed by atoms with Crippen LogP contribution in [0.5, 0.6) is 0 Å². The first-order valence-electron chi connectivity index (χ1n) is 8.25. The van der Waals surface area contributed by atoms with Crippen LogP contribution in [0.3, 0.4) is 0 Å². The van der Waals surface area contributed by atoms with Gasteiger partial charge in [-0.1, -0.05) is 0 Å². The molecule has 0 aliphatic carbocycles. The molecule has 5 atom stereocenters. The summed E-state index contributed by atoms with van der Waals surface area (Å²) in [4.78, 5) is 47.8. The Morgan fingerprint density at radius 3 is 2.36 bits per heavy atom. The van der Waals surface area contributed by atoms with Crippen molar-refractivity contribution in [3.8, 4) is 0 Å². The highest BCUT2D eigenvalue weighted by Crippen LogP contribution is 2.38. The molecule has 2 heterocycles. The molecule has 2 amide bonds. The summed E-state index contributed by atoms with van der Waals surface area (Å²) in [6, 6.07) is -0.766. The molecule has 0 aromatic heterocycles. The molecule has 2 aliphatic heterocycles. The summed E-state index contributed by atoms with van der Waals surface area (Å²) >= 11 is 0. The van der Waals surface area contributed by atoms with Crippen molar-refractivity contribution in [2.75, 3.05) is 13.7 Å². The number of esters is 3. The van der Waals surface area contributed by atoms with Crippen LogP contribution in [0.25, 0.3) is 0 Å². The molecule has 2 rings (SSSR count). The van der Waals surface area contributed by atoms with Gasteiger partial charge in [-0.05, 0) is 6.08 Å². The van der Waals surface area contributed by atoms with Gasteiger partial charge in [0.05, 0.1) is 0 Å². The fraction of sp³-hybridized carbons (Fsp3) is 0.625. The second-order valence-electron chi connectivity index (χ2n) is 6.05. The number of aliphatic hydroxyl groups excluding tert-OH is 1. The highest BCUT2D eigenvalue weighted by molar-refractivity contribution is 5.77. The number of urea groups is 1. The van der Waals surface area contributed by atoms with Crippen LogP contribution in [0.15, 0.2) is 12.3 Å². The summed E-state index contributed by atoms with van der Waals surface area (Å²) < 4.78 is 26.6. The number of aliphatic hydroxyl groups is 1. The summed E-state index contributed by atoms with van der Waals surface area (Å²) in [5, 5.41) is 11.7. The molecule has 1 saturated heterocycles. The van der Waals surface area contributed by atoms with Crippen molar-refractivity contribution in [3.63, 3.8) is 0 Å². The molecule has 1 fully saturated rings. The smallest absolute Gasteiger partial charge is 0.325 e. The monoisotopic (exact) mass is 402 g/mol. The maximum atomic E-state index is 12.3. The van der Waals surface area contributed by atoms with E-state index in [1.54, 1.807) is 0 Å². The van der Waals surface area contributed by atoms with E-state index >= 15 is 0 Å². The summed E-state index contributed by atoms with van der Waals surface area (Å²) in [6.07, 6.45) is -2.75. The number of nitrogens with one attached hydrogen (secondary N) is 1. The minimum atomic E-state index is -1.85. The van der Waals surface area contributed by atoms with Crippen molar-refractivity contribution in [3.05, 3.63) is 12.3 Å². The van der Waals surface area contributed by atoms with Crippen LogP contribution in [-0.4, -0.2) is 78.1 Å². The standard InChI is InChI=1S/C16H22N2O10/c1-8(19)25-7-16(24-4)13(27-10(3)21)12(26-9(2)20)14(28-16)18-6-5-11(22)17-15(18)23/h5-6,11-14,22H,7H2,1-4H3,(H,17,23). The number of carbonyl (C=O) groups is 4. The number of hydrogen-bond acceptors (Lipinski definition) is 10. The van der Waals surface area contributed by atoms with Crippen LogP contribution in [-0.2, 0) is 38.1 Å². The summed E-state index contributed by atoms with van der Waals surface area (Å²) in [5.41, 5.74) is 0. The number of rotatable bonds is 6. The number of methoxy groups -OCH3 is 1. The summed E-state index contributed by atoms with van der Waals surface area (Å²) in [6.45, 7) is 2.89. The maximum absolute atomic E-state index is 12.3. The molecule has 0 aromatic rings. The van der Waals surface area contributed by atoms with E-state index in [9.17, 15) is 24.3 Å². The predicted molar refractivity (Wildman–Crippen MR) is 87.9 cm³/mol. The fourth-order valence-electron chi connectivity index (χ4n) is 2.83. The van der Waals surface area contributed by atoms with Crippen molar-refractivity contribution in [2.24, 2.45) is 0 Å². The Morgan fingerprint density at radius 1 is 1.21 bits per heavy atom. The van der Waals surface area contributed by atoms with Crippen molar-refractivity contribution < 1.29 is 48.0 Å². The SMILES string of the molecule is COC1(COC(C)=O)OC(N2C=CC(O)NC2=O)C(OC(C)=O)C1OC(C)=O. The third-order valence-electron chi connectivity index (χ3n) is 3.96. The average Bonchev–Trinajstić information content (AvgIpc) is 2.86. The third-order valence-corrected chi connectivity index (χ3v) is 3.96. The fourth-order valence-corrected chi connectivity index (χ4v) is 2.83. The molecule has 0 spiro atoms. The molecule has 0 aromatic carbocycles. The molecule has 5 unspecified atom stereocenters. The third kappa shape index (κ3) is 4.58. The van der Waals surface area contributed by atoms with Gasteiger partial charge in [0.1, 0.15) is 12.8 Å². The Bertz CT molecular complexity index is 680. The largest absolute Gasteiger partial charge is 0.460 e. The molecule has 2 aliphatic rings. The Balaban J connectivity index is 2.46. The topological polar surface area (TPSA) is 150 Å². The summed E-state index contributed by atoms with van der Waals surface area (Å²) in [5.74, 6) is -4.00. The van der Waals surface area contributed by atoms with Gasteiger partial charge in [-0.15, -0.1) is 0 Å². The molecule has 2 N–H and O–H groups in total. The van der Waals surface area contributed by atoms with Gasteiger partial charge in [-0.2, -0.15) is 0 Å². The second kappa shape index (κ2) is 8.54. The average molecular weight is 402 g/mol. The lowest BCUT2D eigenvalue weighted by molar-refractivity contribution is -0.275. The van der Waals surface area contributed by atoms with Gasteiger partial charge in [0.25, 0.3) is 0 Å². The van der Waals surface area contributed by atoms with E-state index in [4.69, 9.17) is 23.7 Å². The normalized spacial score (nSPS) is 31.9. The van der Waals surface area contributed by atoms with Crippen molar-refractivity contribution in [2.45, 2.75) is 51.2 Å². The molecule has 12 nitrogen and oxygen atoms in total. The molecular formula is C16H22N2O10. The lowest BCUT2D eigenvalue weighted by Crippen LogP contribution is -2.54. The van der Waals surface area contributed by atoms with Crippen LogP contribution in [0.4, 0.5) is 4.79 Å². The highest BCUT2D eigenvalue weighted by Gasteiger charge is 2.63. The van der Waals surface area contributed by atoms with Gasteiger partial charge in [0.2, 0.25) is 11.9 Å². The Labute approximate surface area is 160 Å². The first kappa shape index (κ1) is 21.6. The molecular weight excluding hydrogens is 380 g/mol. The Morgan fingerprint density at radius 2 is 1.86 bits per heavy atom. The first-order valence-corrected chi connectivity index (χ1v) is 8.25. The molecule has 0 bridgehead atoms. The van der Waals surface area contributed by atoms with Crippen molar-refractivity contribution in [1.29, 1.82) is 0 Å². The van der Waals surface area contributed by atoms with E-state index in [0.717, 1.165) is 25.7 Å². The molecule has 156 valence electrons. The number of nitrogens with zero attached hydrogens (tertiary/aromatic N) is 1. The predicted octanol–water partition coefficient (Wildman–Crippen LogP) is -1.03. The van der Waals surface area contributed by atoms with Crippen molar-refractivity contribution >= 4 is 23.9 Å². The van der Waals surface area contributed by atoms with Gasteiger partial charge in [0.15, 0.2) is 12.3 Å². The molecule has 28 heavy (non-hydrogen) atoms. The van der Waals surface area contributed by atoms with Crippen LogP contribution >= 0.6 is 0 Å². The van der Waals surface area contributed by atoms with E-state index in [1.165, 1.54) is 19.4 Å². The van der Waals surface area contributed by atoms with E-state index < -0.39 is 61.0 Å². The van der Waals surface area contributed by atoms with E-state index in [-0.39, 0.29) is 0 Å². The molecule has 0 saturated carbocycles.